The first-order valence-electron chi connectivity index (χ1n) is 5.66. The molecule has 0 unspecified atom stereocenters. The molecule has 0 saturated carbocycles. The van der Waals surface area contributed by atoms with Gasteiger partial charge in [-0.15, -0.1) is 0 Å². The van der Waals surface area contributed by atoms with Crippen LogP contribution in [0.5, 0.6) is 0 Å². The largest absolute Gasteiger partial charge is 0.235 e. The van der Waals surface area contributed by atoms with Gasteiger partial charge in [0.15, 0.2) is 0 Å². The molecule has 17 heavy (non-hydrogen) atoms. The monoisotopic (exact) mass is 336 g/mol. The molecule has 2 nitrogen and oxygen atoms in total. The lowest BCUT2D eigenvalue weighted by Gasteiger charge is -2.20. The molecule has 0 N–H and O–H groups in total. The van der Waals surface area contributed by atoms with Crippen molar-refractivity contribution in [3.8, 4) is 0 Å². The second-order valence-corrected chi connectivity index (χ2v) is 7.15. The van der Waals surface area contributed by atoms with Crippen LogP contribution < -0.4 is 0 Å². The fourth-order valence-electron chi connectivity index (χ4n) is 1.33. The molecule has 96 valence electrons. The van der Waals surface area contributed by atoms with E-state index < -0.39 is 0 Å². The minimum atomic E-state index is -0.0322. The van der Waals surface area contributed by atoms with Crippen molar-refractivity contribution in [1.29, 1.82) is 0 Å². The Bertz CT molecular complexity index is 391. The van der Waals surface area contributed by atoms with Crippen molar-refractivity contribution in [2.24, 2.45) is 0 Å². The van der Waals surface area contributed by atoms with E-state index in [0.717, 1.165) is 27.5 Å². The molecule has 0 aliphatic carbocycles. The van der Waals surface area contributed by atoms with Crippen LogP contribution in [0.2, 0.25) is 5.15 Å². The summed E-state index contributed by atoms with van der Waals surface area (Å²) in [5.74, 6) is 2.77. The third kappa shape index (κ3) is 4.42. The number of hydrogen-bond acceptors (Lipinski definition) is 3. The molecule has 5 heteroatoms. The van der Waals surface area contributed by atoms with E-state index in [1.807, 2.05) is 11.8 Å². The van der Waals surface area contributed by atoms with E-state index in [-0.39, 0.29) is 5.41 Å². The molecule has 0 aliphatic rings. The van der Waals surface area contributed by atoms with E-state index in [9.17, 15) is 0 Å². The Morgan fingerprint density at radius 2 is 1.94 bits per heavy atom. The highest BCUT2D eigenvalue weighted by Gasteiger charge is 2.22. The van der Waals surface area contributed by atoms with Crippen LogP contribution in [0.1, 0.15) is 45.6 Å². The van der Waals surface area contributed by atoms with E-state index in [2.05, 4.69) is 53.6 Å². The number of rotatable bonds is 4. The smallest absolute Gasteiger partial charge is 0.147 e. The van der Waals surface area contributed by atoms with Gasteiger partial charge >= 0.3 is 0 Å². The molecule has 1 aromatic rings. The molecular formula is C12H18BrClN2S. The molecule has 1 aromatic heterocycles. The number of hydrogen-bond donors (Lipinski definition) is 0. The molecule has 0 spiro atoms. The lowest BCUT2D eigenvalue weighted by Crippen LogP contribution is -2.16. The first-order chi connectivity index (χ1) is 7.86. The molecule has 1 heterocycles. The molecule has 0 radical (unpaired) electrons. The Morgan fingerprint density at radius 1 is 1.29 bits per heavy atom. The van der Waals surface area contributed by atoms with Gasteiger partial charge in [-0.3, -0.25) is 0 Å². The van der Waals surface area contributed by atoms with Gasteiger partial charge in [0, 0.05) is 5.41 Å². The van der Waals surface area contributed by atoms with Crippen molar-refractivity contribution in [3.05, 3.63) is 21.1 Å². The number of thioether (sulfide) groups is 1. The van der Waals surface area contributed by atoms with Crippen LogP contribution in [-0.2, 0) is 11.2 Å². The quantitative estimate of drug-likeness (QED) is 0.581. The molecule has 0 atom stereocenters. The van der Waals surface area contributed by atoms with Gasteiger partial charge in [0.2, 0.25) is 0 Å². The maximum Gasteiger partial charge on any atom is 0.147 e. The fraction of sp³-hybridized carbons (Fsp3) is 0.667. The summed E-state index contributed by atoms with van der Waals surface area (Å²) >= 11 is 11.4. The molecule has 0 aliphatic heterocycles. The van der Waals surface area contributed by atoms with Crippen molar-refractivity contribution in [3.63, 3.8) is 0 Å². The highest BCUT2D eigenvalue weighted by molar-refractivity contribution is 9.10. The number of nitrogens with zero attached hydrogens (tertiary/aromatic N) is 2. The van der Waals surface area contributed by atoms with Crippen LogP contribution in [0.4, 0.5) is 0 Å². The second-order valence-electron chi connectivity index (χ2n) is 4.90. The summed E-state index contributed by atoms with van der Waals surface area (Å²) in [7, 11) is 0. The normalized spacial score (nSPS) is 11.9. The lowest BCUT2D eigenvalue weighted by molar-refractivity contribution is 0.560. The van der Waals surface area contributed by atoms with Crippen LogP contribution in [0.25, 0.3) is 0 Å². The van der Waals surface area contributed by atoms with Crippen LogP contribution in [0.3, 0.4) is 0 Å². The van der Waals surface area contributed by atoms with Crippen LogP contribution >= 0.6 is 39.3 Å². The summed E-state index contributed by atoms with van der Waals surface area (Å²) in [6, 6.07) is 0. The number of aromatic nitrogens is 2. The van der Waals surface area contributed by atoms with E-state index in [1.54, 1.807) is 0 Å². The van der Waals surface area contributed by atoms with Crippen LogP contribution in [0, 0.1) is 0 Å². The molecule has 1 rings (SSSR count). The molecular weight excluding hydrogens is 320 g/mol. The average Bonchev–Trinajstić information content (AvgIpc) is 2.21. The maximum atomic E-state index is 6.13. The topological polar surface area (TPSA) is 25.8 Å². The van der Waals surface area contributed by atoms with Crippen molar-refractivity contribution >= 4 is 39.3 Å². The molecule has 0 fully saturated rings. The fourth-order valence-corrected chi connectivity index (χ4v) is 3.04. The van der Waals surface area contributed by atoms with Crippen molar-refractivity contribution < 1.29 is 0 Å². The maximum absolute atomic E-state index is 6.13. The van der Waals surface area contributed by atoms with Gasteiger partial charge in [-0.2, -0.15) is 11.8 Å². The Kier molecular flexibility index (Phi) is 5.74. The predicted octanol–water partition coefficient (Wildman–Crippen LogP) is 4.83. The first kappa shape index (κ1) is 15.3. The Hall–Kier alpha value is 0.200. The third-order valence-electron chi connectivity index (χ3n) is 2.15. The van der Waals surface area contributed by atoms with Gasteiger partial charge in [0.05, 0.1) is 15.9 Å². The molecule has 0 bridgehead atoms. The summed E-state index contributed by atoms with van der Waals surface area (Å²) in [4.78, 5) is 8.92. The summed E-state index contributed by atoms with van der Waals surface area (Å²) in [5.41, 5.74) is 0.944. The third-order valence-corrected chi connectivity index (χ3v) is 4.56. The van der Waals surface area contributed by atoms with Crippen molar-refractivity contribution in [2.45, 2.75) is 45.3 Å². The first-order valence-corrected chi connectivity index (χ1v) is 7.99. The van der Waals surface area contributed by atoms with Gasteiger partial charge in [-0.25, -0.2) is 9.97 Å². The molecule has 0 saturated heterocycles. The summed E-state index contributed by atoms with van der Waals surface area (Å²) in [6.45, 7) is 8.54. The predicted molar refractivity (Wildman–Crippen MR) is 79.9 cm³/mol. The summed E-state index contributed by atoms with van der Waals surface area (Å²) < 4.78 is 0.816. The van der Waals surface area contributed by atoms with Gasteiger partial charge in [-0.05, 0) is 28.1 Å². The highest BCUT2D eigenvalue weighted by atomic mass is 79.9. The zero-order valence-corrected chi connectivity index (χ0v) is 13.8. The van der Waals surface area contributed by atoms with Gasteiger partial charge in [-0.1, -0.05) is 39.3 Å². The van der Waals surface area contributed by atoms with E-state index in [4.69, 9.17) is 11.6 Å². The zero-order valence-electron chi connectivity index (χ0n) is 10.7. The van der Waals surface area contributed by atoms with Crippen LogP contribution in [-0.4, -0.2) is 15.7 Å². The minimum Gasteiger partial charge on any atom is -0.235 e. The Balaban J connectivity index is 2.98. The molecule has 0 aromatic carbocycles. The zero-order chi connectivity index (χ0) is 13.1. The summed E-state index contributed by atoms with van der Waals surface area (Å²) in [5, 5.41) is 0.511. The average molecular weight is 338 g/mol. The van der Waals surface area contributed by atoms with Gasteiger partial charge in [0.1, 0.15) is 11.0 Å². The second kappa shape index (κ2) is 6.39. The lowest BCUT2D eigenvalue weighted by atomic mass is 9.92. The summed E-state index contributed by atoms with van der Waals surface area (Å²) in [6.07, 6.45) is 1.17. The standard InChI is InChI=1S/C12H18BrClN2S/c1-5-6-17-7-8-15-10(12(2,3)4)9(13)11(14)16-8/h5-7H2,1-4H3. The SMILES string of the molecule is CCCSCc1nc(Cl)c(Br)c(C(C)(C)C)n1. The highest BCUT2D eigenvalue weighted by Crippen LogP contribution is 2.32. The van der Waals surface area contributed by atoms with E-state index in [1.165, 1.54) is 6.42 Å². The Morgan fingerprint density at radius 3 is 2.47 bits per heavy atom. The minimum absolute atomic E-state index is 0.0322. The van der Waals surface area contributed by atoms with Crippen molar-refractivity contribution in [1.82, 2.24) is 9.97 Å². The van der Waals surface area contributed by atoms with Gasteiger partial charge in [0.25, 0.3) is 0 Å². The van der Waals surface area contributed by atoms with E-state index >= 15 is 0 Å². The Labute approximate surface area is 121 Å². The number of halogens is 2. The van der Waals surface area contributed by atoms with E-state index in [0.29, 0.717) is 5.15 Å². The van der Waals surface area contributed by atoms with Crippen LogP contribution in [0.15, 0.2) is 4.47 Å². The van der Waals surface area contributed by atoms with Gasteiger partial charge < -0.3 is 0 Å². The van der Waals surface area contributed by atoms with Crippen molar-refractivity contribution in [2.75, 3.05) is 5.75 Å². The molecule has 0 amide bonds.